The topological polar surface area (TPSA) is 63.4 Å². The predicted octanol–water partition coefficient (Wildman–Crippen LogP) is 2.53. The van der Waals surface area contributed by atoms with Gasteiger partial charge in [0, 0.05) is 16.3 Å². The molecule has 2 amide bonds. The molecule has 2 aromatic carbocycles. The average molecular weight is 301 g/mol. The van der Waals surface area contributed by atoms with E-state index in [9.17, 15) is 9.59 Å². The third-order valence-corrected chi connectivity index (χ3v) is 3.80. The lowest BCUT2D eigenvalue weighted by molar-refractivity contribution is -0.117. The Hall–Kier alpha value is -2.33. The number of hydrogen-bond donors (Lipinski definition) is 1. The Morgan fingerprint density at radius 1 is 1.19 bits per heavy atom. The zero-order valence-corrected chi connectivity index (χ0v) is 11.9. The van der Waals surface area contributed by atoms with Crippen molar-refractivity contribution in [1.29, 1.82) is 0 Å². The predicted molar refractivity (Wildman–Crippen MR) is 81.3 cm³/mol. The summed E-state index contributed by atoms with van der Waals surface area (Å²) in [7, 11) is 0. The molecule has 0 saturated heterocycles. The average Bonchev–Trinajstić information content (AvgIpc) is 2.76. The molecule has 0 bridgehead atoms. The van der Waals surface area contributed by atoms with E-state index in [2.05, 4.69) is 0 Å². The van der Waals surface area contributed by atoms with Gasteiger partial charge >= 0.3 is 0 Å². The first-order valence-electron chi connectivity index (χ1n) is 6.52. The fraction of sp³-hybridized carbons (Fsp3) is 0.125. The minimum absolute atomic E-state index is 0.0153. The summed E-state index contributed by atoms with van der Waals surface area (Å²) in [5, 5.41) is 0.665. The number of carbonyl (C=O) groups is 2. The molecular weight excluding hydrogens is 288 g/mol. The summed E-state index contributed by atoms with van der Waals surface area (Å²) in [5.74, 6) is -0.469. The Labute approximate surface area is 127 Å². The summed E-state index contributed by atoms with van der Waals surface area (Å²) >= 11 is 5.86. The standard InChI is InChI=1S/C16H13ClN2O2/c17-13-4-1-10(2-5-13)9-19-14-6-3-11(16(18)21)7-12(14)8-15(19)20/h1-7H,8-9H2,(H2,18,21). The van der Waals surface area contributed by atoms with E-state index in [-0.39, 0.29) is 5.91 Å². The van der Waals surface area contributed by atoms with Crippen LogP contribution in [0.25, 0.3) is 0 Å². The highest BCUT2D eigenvalue weighted by Crippen LogP contribution is 2.31. The van der Waals surface area contributed by atoms with Gasteiger partial charge in [-0.2, -0.15) is 0 Å². The number of primary amides is 1. The number of halogens is 1. The Morgan fingerprint density at radius 3 is 2.57 bits per heavy atom. The summed E-state index contributed by atoms with van der Waals surface area (Å²) in [5.41, 5.74) is 8.36. The first kappa shape index (κ1) is 13.6. The van der Waals surface area contributed by atoms with Crippen molar-refractivity contribution in [3.8, 4) is 0 Å². The summed E-state index contributed by atoms with van der Waals surface area (Å²) < 4.78 is 0. The monoisotopic (exact) mass is 300 g/mol. The normalized spacial score (nSPS) is 13.4. The van der Waals surface area contributed by atoms with Crippen LogP contribution in [0.1, 0.15) is 21.5 Å². The zero-order chi connectivity index (χ0) is 15.0. The van der Waals surface area contributed by atoms with Crippen molar-refractivity contribution < 1.29 is 9.59 Å². The highest BCUT2D eigenvalue weighted by molar-refractivity contribution is 6.30. The molecule has 0 fully saturated rings. The maximum Gasteiger partial charge on any atom is 0.248 e. The van der Waals surface area contributed by atoms with Gasteiger partial charge < -0.3 is 10.6 Å². The molecule has 0 saturated carbocycles. The van der Waals surface area contributed by atoms with Gasteiger partial charge in [0.15, 0.2) is 0 Å². The number of rotatable bonds is 3. The van der Waals surface area contributed by atoms with E-state index in [4.69, 9.17) is 17.3 Å². The smallest absolute Gasteiger partial charge is 0.248 e. The second-order valence-corrected chi connectivity index (χ2v) is 5.43. The van der Waals surface area contributed by atoms with Gasteiger partial charge in [-0.15, -0.1) is 0 Å². The zero-order valence-electron chi connectivity index (χ0n) is 11.2. The van der Waals surface area contributed by atoms with Crippen LogP contribution < -0.4 is 10.6 Å². The fourth-order valence-corrected chi connectivity index (χ4v) is 2.61. The first-order chi connectivity index (χ1) is 10.0. The van der Waals surface area contributed by atoms with Gasteiger partial charge in [0.25, 0.3) is 0 Å². The molecule has 1 aliphatic rings. The minimum Gasteiger partial charge on any atom is -0.366 e. The molecule has 5 heteroatoms. The van der Waals surface area contributed by atoms with Crippen LogP contribution in [-0.4, -0.2) is 11.8 Å². The van der Waals surface area contributed by atoms with Crippen LogP contribution in [0.4, 0.5) is 5.69 Å². The number of benzene rings is 2. The van der Waals surface area contributed by atoms with Gasteiger partial charge in [0.1, 0.15) is 0 Å². The van der Waals surface area contributed by atoms with Crippen LogP contribution >= 0.6 is 11.6 Å². The van der Waals surface area contributed by atoms with E-state index in [1.165, 1.54) is 0 Å². The van der Waals surface area contributed by atoms with Crippen molar-refractivity contribution in [2.75, 3.05) is 4.90 Å². The van der Waals surface area contributed by atoms with Crippen molar-refractivity contribution in [2.24, 2.45) is 5.73 Å². The molecule has 4 nitrogen and oxygen atoms in total. The first-order valence-corrected chi connectivity index (χ1v) is 6.90. The van der Waals surface area contributed by atoms with Crippen molar-refractivity contribution in [2.45, 2.75) is 13.0 Å². The number of amides is 2. The summed E-state index contributed by atoms with van der Waals surface area (Å²) in [6, 6.07) is 12.5. The molecule has 3 rings (SSSR count). The third-order valence-electron chi connectivity index (χ3n) is 3.55. The largest absolute Gasteiger partial charge is 0.366 e. The summed E-state index contributed by atoms with van der Waals surface area (Å²) in [6.45, 7) is 0.485. The number of anilines is 1. The molecular formula is C16H13ClN2O2. The van der Waals surface area contributed by atoms with Gasteiger partial charge in [-0.3, -0.25) is 9.59 Å². The van der Waals surface area contributed by atoms with Crippen molar-refractivity contribution in [1.82, 2.24) is 0 Å². The number of fused-ring (bicyclic) bond motifs is 1. The second kappa shape index (κ2) is 5.22. The van der Waals surface area contributed by atoms with Crippen LogP contribution in [0.15, 0.2) is 42.5 Å². The quantitative estimate of drug-likeness (QED) is 0.946. The molecule has 2 aromatic rings. The molecule has 1 heterocycles. The highest BCUT2D eigenvalue weighted by atomic mass is 35.5. The molecule has 0 aliphatic carbocycles. The van der Waals surface area contributed by atoms with Gasteiger partial charge in [-0.1, -0.05) is 23.7 Å². The van der Waals surface area contributed by atoms with Crippen molar-refractivity contribution >= 4 is 29.1 Å². The van der Waals surface area contributed by atoms with Crippen LogP contribution in [0.3, 0.4) is 0 Å². The summed E-state index contributed by atoms with van der Waals surface area (Å²) in [4.78, 5) is 25.1. The summed E-state index contributed by atoms with van der Waals surface area (Å²) in [6.07, 6.45) is 0.296. The van der Waals surface area contributed by atoms with E-state index >= 15 is 0 Å². The Bertz CT molecular complexity index is 726. The van der Waals surface area contributed by atoms with E-state index in [0.717, 1.165) is 16.8 Å². The van der Waals surface area contributed by atoms with E-state index in [1.807, 2.05) is 12.1 Å². The van der Waals surface area contributed by atoms with Crippen LogP contribution in [0.2, 0.25) is 5.02 Å². The fourth-order valence-electron chi connectivity index (χ4n) is 2.48. The Balaban J connectivity index is 1.90. The Kier molecular flexibility index (Phi) is 3.39. The maximum atomic E-state index is 12.2. The molecule has 0 spiro atoms. The molecule has 21 heavy (non-hydrogen) atoms. The van der Waals surface area contributed by atoms with E-state index < -0.39 is 5.91 Å². The lowest BCUT2D eigenvalue weighted by Crippen LogP contribution is -2.25. The number of nitrogens with two attached hydrogens (primary N) is 1. The van der Waals surface area contributed by atoms with Crippen LogP contribution in [0, 0.1) is 0 Å². The molecule has 0 atom stereocenters. The van der Waals surface area contributed by atoms with E-state index in [0.29, 0.717) is 23.6 Å². The molecule has 106 valence electrons. The second-order valence-electron chi connectivity index (χ2n) is 4.99. The minimum atomic E-state index is -0.485. The maximum absolute atomic E-state index is 12.2. The lowest BCUT2D eigenvalue weighted by atomic mass is 10.1. The van der Waals surface area contributed by atoms with Crippen LogP contribution in [0.5, 0.6) is 0 Å². The molecule has 2 N–H and O–H groups in total. The van der Waals surface area contributed by atoms with Gasteiger partial charge in [-0.05, 0) is 41.5 Å². The van der Waals surface area contributed by atoms with Gasteiger partial charge in [0.05, 0.1) is 13.0 Å². The Morgan fingerprint density at radius 2 is 1.90 bits per heavy atom. The van der Waals surface area contributed by atoms with E-state index in [1.54, 1.807) is 35.2 Å². The highest BCUT2D eigenvalue weighted by Gasteiger charge is 2.27. The third kappa shape index (κ3) is 2.62. The number of carbonyl (C=O) groups excluding carboxylic acids is 2. The van der Waals surface area contributed by atoms with Crippen molar-refractivity contribution in [3.05, 3.63) is 64.2 Å². The number of hydrogen-bond acceptors (Lipinski definition) is 2. The lowest BCUT2D eigenvalue weighted by Gasteiger charge is -2.17. The molecule has 0 aromatic heterocycles. The van der Waals surface area contributed by atoms with Crippen molar-refractivity contribution in [3.63, 3.8) is 0 Å². The number of nitrogens with zero attached hydrogens (tertiary/aromatic N) is 1. The van der Waals surface area contributed by atoms with Crippen LogP contribution in [-0.2, 0) is 17.8 Å². The molecule has 0 unspecified atom stereocenters. The molecule has 1 aliphatic heterocycles. The van der Waals surface area contributed by atoms with Gasteiger partial charge in [-0.25, -0.2) is 0 Å². The molecule has 0 radical (unpaired) electrons. The SMILES string of the molecule is NC(=O)c1ccc2c(c1)CC(=O)N2Cc1ccc(Cl)cc1. The van der Waals surface area contributed by atoms with Gasteiger partial charge in [0.2, 0.25) is 11.8 Å².